The van der Waals surface area contributed by atoms with Crippen LogP contribution in [0.4, 0.5) is 0 Å². The third-order valence-corrected chi connectivity index (χ3v) is 3.84. The molecule has 0 amide bonds. The summed E-state index contributed by atoms with van der Waals surface area (Å²) in [6, 6.07) is 6.77. The molecule has 2 unspecified atom stereocenters. The lowest BCUT2D eigenvalue weighted by molar-refractivity contribution is 0.0882. The number of nitrogens with two attached hydrogens (primary N) is 1. The number of methoxy groups -OCH3 is 1. The maximum absolute atomic E-state index is 11.2. The van der Waals surface area contributed by atoms with Gasteiger partial charge in [-0.15, -0.1) is 0 Å². The zero-order valence-corrected chi connectivity index (χ0v) is 11.7. The molecule has 3 N–H and O–H groups in total. The molecule has 0 saturated heterocycles. The number of primary sulfonamides is 1. The lowest BCUT2D eigenvalue weighted by Gasteiger charge is -2.20. The number of rotatable bonds is 6. The average Bonchev–Trinajstić information content (AvgIpc) is 2.34. The van der Waals surface area contributed by atoms with Gasteiger partial charge in [0.25, 0.3) is 0 Å². The largest absolute Gasteiger partial charge is 0.380 e. The van der Waals surface area contributed by atoms with Gasteiger partial charge in [-0.05, 0) is 31.5 Å². The molecule has 2 atom stereocenters. The van der Waals surface area contributed by atoms with Crippen molar-refractivity contribution in [3.63, 3.8) is 0 Å². The van der Waals surface area contributed by atoms with Crippen LogP contribution in [0.2, 0.25) is 0 Å². The summed E-state index contributed by atoms with van der Waals surface area (Å²) in [4.78, 5) is 0.134. The summed E-state index contributed by atoms with van der Waals surface area (Å²) in [6.45, 7) is 4.55. The van der Waals surface area contributed by atoms with Crippen molar-refractivity contribution in [3.05, 3.63) is 29.8 Å². The molecule has 6 heteroatoms. The summed E-state index contributed by atoms with van der Waals surface area (Å²) < 4.78 is 27.6. The van der Waals surface area contributed by atoms with E-state index in [1.165, 1.54) is 6.07 Å². The molecule has 0 radical (unpaired) electrons. The second-order valence-corrected chi connectivity index (χ2v) is 5.86. The van der Waals surface area contributed by atoms with Gasteiger partial charge in [0.15, 0.2) is 0 Å². The molecular weight excluding hydrogens is 252 g/mol. The minimum absolute atomic E-state index is 0.0893. The fourth-order valence-corrected chi connectivity index (χ4v) is 2.07. The number of sulfonamides is 1. The number of nitrogens with one attached hydrogen (secondary N) is 1. The number of ether oxygens (including phenoxy) is 1. The molecule has 18 heavy (non-hydrogen) atoms. The van der Waals surface area contributed by atoms with Crippen LogP contribution < -0.4 is 10.5 Å². The van der Waals surface area contributed by atoms with E-state index in [4.69, 9.17) is 9.88 Å². The fraction of sp³-hybridized carbons (Fsp3) is 0.500. The summed E-state index contributed by atoms with van der Waals surface area (Å²) in [7, 11) is -1.98. The van der Waals surface area contributed by atoms with Gasteiger partial charge in [-0.2, -0.15) is 0 Å². The standard InChI is InChI=1S/C12H20N2O3S/c1-9(10(2)17-3)14-8-11-5-4-6-12(7-11)18(13,15)16/h4-7,9-10,14H,8H2,1-3H3,(H2,13,15,16). The normalized spacial score (nSPS) is 15.3. The van der Waals surface area contributed by atoms with Crippen LogP contribution in [0.3, 0.4) is 0 Å². The van der Waals surface area contributed by atoms with Crippen LogP contribution in [0.15, 0.2) is 29.2 Å². The Balaban J connectivity index is 2.69. The zero-order chi connectivity index (χ0) is 13.8. The quantitative estimate of drug-likeness (QED) is 0.804. The Morgan fingerprint density at radius 2 is 2.06 bits per heavy atom. The van der Waals surface area contributed by atoms with E-state index in [1.54, 1.807) is 19.2 Å². The lowest BCUT2D eigenvalue weighted by atomic mass is 10.2. The van der Waals surface area contributed by atoms with Crippen molar-refractivity contribution in [1.82, 2.24) is 5.32 Å². The van der Waals surface area contributed by atoms with E-state index < -0.39 is 10.0 Å². The van der Waals surface area contributed by atoms with Crippen molar-refractivity contribution in [3.8, 4) is 0 Å². The Morgan fingerprint density at radius 3 is 2.61 bits per heavy atom. The van der Waals surface area contributed by atoms with Crippen LogP contribution in [-0.2, 0) is 21.3 Å². The molecule has 0 fully saturated rings. The van der Waals surface area contributed by atoms with Gasteiger partial charge in [0.05, 0.1) is 11.0 Å². The predicted molar refractivity (Wildman–Crippen MR) is 70.6 cm³/mol. The van der Waals surface area contributed by atoms with Gasteiger partial charge in [0, 0.05) is 19.7 Å². The van der Waals surface area contributed by atoms with Gasteiger partial charge in [-0.3, -0.25) is 0 Å². The van der Waals surface area contributed by atoms with E-state index >= 15 is 0 Å². The van der Waals surface area contributed by atoms with Gasteiger partial charge in [-0.1, -0.05) is 12.1 Å². The molecule has 5 nitrogen and oxygen atoms in total. The van der Waals surface area contributed by atoms with E-state index in [0.29, 0.717) is 6.54 Å². The molecule has 0 aliphatic carbocycles. The monoisotopic (exact) mass is 272 g/mol. The highest BCUT2D eigenvalue weighted by Crippen LogP contribution is 2.10. The molecule has 102 valence electrons. The molecule has 1 rings (SSSR count). The van der Waals surface area contributed by atoms with Crippen LogP contribution in [0, 0.1) is 0 Å². The van der Waals surface area contributed by atoms with E-state index in [2.05, 4.69) is 5.32 Å². The van der Waals surface area contributed by atoms with E-state index in [0.717, 1.165) is 5.56 Å². The summed E-state index contributed by atoms with van der Waals surface area (Å²) >= 11 is 0. The average molecular weight is 272 g/mol. The predicted octanol–water partition coefficient (Wildman–Crippen LogP) is 0.847. The highest BCUT2D eigenvalue weighted by Gasteiger charge is 2.11. The molecule has 0 heterocycles. The van der Waals surface area contributed by atoms with Crippen molar-refractivity contribution < 1.29 is 13.2 Å². The number of hydrogen-bond donors (Lipinski definition) is 2. The van der Waals surface area contributed by atoms with Gasteiger partial charge < -0.3 is 10.1 Å². The minimum atomic E-state index is -3.64. The van der Waals surface area contributed by atoms with Crippen molar-refractivity contribution in [2.45, 2.75) is 37.4 Å². The van der Waals surface area contributed by atoms with Crippen LogP contribution in [0.5, 0.6) is 0 Å². The molecular formula is C12H20N2O3S. The summed E-state index contributed by atoms with van der Waals surface area (Å²) in [5.41, 5.74) is 0.872. The first-order chi connectivity index (χ1) is 8.34. The number of hydrogen-bond acceptors (Lipinski definition) is 4. The molecule has 0 saturated carbocycles. The Hall–Kier alpha value is -0.950. The topological polar surface area (TPSA) is 81.4 Å². The summed E-state index contributed by atoms with van der Waals surface area (Å²) in [5, 5.41) is 8.35. The van der Waals surface area contributed by atoms with Gasteiger partial charge in [-0.25, -0.2) is 13.6 Å². The maximum Gasteiger partial charge on any atom is 0.238 e. The van der Waals surface area contributed by atoms with E-state index in [9.17, 15) is 8.42 Å². The molecule has 1 aromatic rings. The maximum atomic E-state index is 11.2. The molecule has 0 spiro atoms. The molecule has 0 aliphatic rings. The smallest absolute Gasteiger partial charge is 0.238 e. The SMILES string of the molecule is COC(C)C(C)NCc1cccc(S(N)(=O)=O)c1. The Kier molecular flexibility index (Phi) is 5.28. The van der Waals surface area contributed by atoms with Crippen LogP contribution >= 0.6 is 0 Å². The molecule has 0 aliphatic heterocycles. The first-order valence-electron chi connectivity index (χ1n) is 5.72. The van der Waals surface area contributed by atoms with Crippen LogP contribution in [-0.4, -0.2) is 27.7 Å². The Morgan fingerprint density at radius 1 is 1.39 bits per heavy atom. The second kappa shape index (κ2) is 6.29. The highest BCUT2D eigenvalue weighted by atomic mass is 32.2. The molecule has 0 bridgehead atoms. The minimum Gasteiger partial charge on any atom is -0.380 e. The number of benzene rings is 1. The third kappa shape index (κ3) is 4.38. The molecule has 0 aromatic heterocycles. The zero-order valence-electron chi connectivity index (χ0n) is 10.9. The summed E-state index contributed by atoms with van der Waals surface area (Å²) in [6.07, 6.45) is 0.0893. The Labute approximate surface area is 108 Å². The van der Waals surface area contributed by atoms with Crippen molar-refractivity contribution in [2.24, 2.45) is 5.14 Å². The summed E-state index contributed by atoms with van der Waals surface area (Å²) in [5.74, 6) is 0. The van der Waals surface area contributed by atoms with Crippen molar-refractivity contribution in [2.75, 3.05) is 7.11 Å². The van der Waals surface area contributed by atoms with E-state index in [1.807, 2.05) is 19.9 Å². The first kappa shape index (κ1) is 15.1. The highest BCUT2D eigenvalue weighted by molar-refractivity contribution is 7.89. The first-order valence-corrected chi connectivity index (χ1v) is 7.27. The van der Waals surface area contributed by atoms with Crippen molar-refractivity contribution in [1.29, 1.82) is 0 Å². The van der Waals surface area contributed by atoms with Gasteiger partial charge in [0.2, 0.25) is 10.0 Å². The van der Waals surface area contributed by atoms with E-state index in [-0.39, 0.29) is 17.0 Å². The lowest BCUT2D eigenvalue weighted by Crippen LogP contribution is -2.36. The fourth-order valence-electron chi connectivity index (χ4n) is 1.48. The van der Waals surface area contributed by atoms with Gasteiger partial charge in [0.1, 0.15) is 0 Å². The second-order valence-electron chi connectivity index (χ2n) is 4.30. The van der Waals surface area contributed by atoms with Crippen LogP contribution in [0.25, 0.3) is 0 Å². The molecule has 1 aromatic carbocycles. The Bertz CT molecular complexity index is 488. The third-order valence-electron chi connectivity index (χ3n) is 2.93. The van der Waals surface area contributed by atoms with Gasteiger partial charge >= 0.3 is 0 Å². The van der Waals surface area contributed by atoms with Crippen molar-refractivity contribution >= 4 is 10.0 Å². The van der Waals surface area contributed by atoms with Crippen LogP contribution in [0.1, 0.15) is 19.4 Å².